The normalized spacial score (nSPS) is 13.6. The summed E-state index contributed by atoms with van der Waals surface area (Å²) >= 11 is 0. The Morgan fingerprint density at radius 1 is 1.35 bits per heavy atom. The van der Waals surface area contributed by atoms with Crippen LogP contribution in [0.25, 0.3) is 0 Å². The zero-order chi connectivity index (χ0) is 14.4. The molecule has 7 nitrogen and oxygen atoms in total. The summed E-state index contributed by atoms with van der Waals surface area (Å²) < 4.78 is 10.8. The number of anilines is 1. The molecule has 0 spiro atoms. The molecule has 0 saturated carbocycles. The van der Waals surface area contributed by atoms with Gasteiger partial charge in [0.15, 0.2) is 11.5 Å². The number of hydrazone groups is 1. The van der Waals surface area contributed by atoms with Crippen molar-refractivity contribution >= 4 is 23.7 Å². The summed E-state index contributed by atoms with van der Waals surface area (Å²) in [5.41, 5.74) is 3.28. The highest BCUT2D eigenvalue weighted by Crippen LogP contribution is 2.32. The predicted molar refractivity (Wildman–Crippen MR) is 73.0 cm³/mol. The maximum Gasteiger partial charge on any atom is 0.230 e. The molecule has 0 bridgehead atoms. The van der Waals surface area contributed by atoms with E-state index >= 15 is 0 Å². The summed E-state index contributed by atoms with van der Waals surface area (Å²) in [5, 5.41) is 6.42. The number of carbonyl (C=O) groups is 2. The highest BCUT2D eigenvalue weighted by Gasteiger charge is 2.13. The number of benzene rings is 1. The van der Waals surface area contributed by atoms with Gasteiger partial charge in [0.05, 0.1) is 6.42 Å². The molecule has 1 heterocycles. The van der Waals surface area contributed by atoms with Crippen molar-refractivity contribution in [2.45, 2.75) is 13.3 Å². The molecule has 1 aromatic carbocycles. The first-order valence-corrected chi connectivity index (χ1v) is 6.11. The van der Waals surface area contributed by atoms with Crippen LogP contribution in [0.4, 0.5) is 5.69 Å². The van der Waals surface area contributed by atoms with Crippen LogP contribution in [-0.4, -0.2) is 31.2 Å². The molecule has 0 fully saturated rings. The van der Waals surface area contributed by atoms with Crippen molar-refractivity contribution in [3.05, 3.63) is 18.2 Å². The number of fused-ring (bicyclic) bond motifs is 1. The second kappa shape index (κ2) is 6.55. The van der Waals surface area contributed by atoms with Gasteiger partial charge in [0.1, 0.15) is 13.2 Å². The van der Waals surface area contributed by atoms with Crippen molar-refractivity contribution in [2.24, 2.45) is 5.10 Å². The van der Waals surface area contributed by atoms with E-state index in [1.165, 1.54) is 0 Å². The number of carbonyl (C=O) groups excluding carboxylic acids is 2. The Hall–Kier alpha value is -2.57. The van der Waals surface area contributed by atoms with E-state index in [9.17, 15) is 9.59 Å². The van der Waals surface area contributed by atoms with Gasteiger partial charge in [-0.05, 0) is 19.1 Å². The summed E-state index contributed by atoms with van der Waals surface area (Å²) in [5.74, 6) is 1.06. The fraction of sp³-hybridized carbons (Fsp3) is 0.308. The maximum atomic E-state index is 11.8. The monoisotopic (exact) mass is 277 g/mol. The van der Waals surface area contributed by atoms with Gasteiger partial charge in [0.25, 0.3) is 0 Å². The third-order valence-electron chi connectivity index (χ3n) is 2.55. The van der Waals surface area contributed by atoms with Crippen molar-refractivity contribution in [2.75, 3.05) is 18.5 Å². The molecule has 0 atom stereocenters. The molecule has 2 rings (SSSR count). The van der Waals surface area contributed by atoms with E-state index in [0.29, 0.717) is 42.5 Å². The predicted octanol–water partition coefficient (Wildman–Crippen LogP) is 0.908. The first-order chi connectivity index (χ1) is 9.69. The smallest absolute Gasteiger partial charge is 0.230 e. The van der Waals surface area contributed by atoms with E-state index < -0.39 is 0 Å². The minimum Gasteiger partial charge on any atom is -0.486 e. The number of nitrogens with zero attached hydrogens (tertiary/aromatic N) is 1. The molecule has 2 amide bonds. The lowest BCUT2D eigenvalue weighted by Crippen LogP contribution is -2.18. The third kappa shape index (κ3) is 3.71. The van der Waals surface area contributed by atoms with E-state index in [4.69, 9.17) is 9.47 Å². The maximum absolute atomic E-state index is 11.8. The largest absolute Gasteiger partial charge is 0.486 e. The molecule has 20 heavy (non-hydrogen) atoms. The van der Waals surface area contributed by atoms with Crippen LogP contribution in [0.5, 0.6) is 11.5 Å². The van der Waals surface area contributed by atoms with Crippen LogP contribution in [0.3, 0.4) is 0 Å². The highest BCUT2D eigenvalue weighted by atomic mass is 16.6. The van der Waals surface area contributed by atoms with E-state index in [0.717, 1.165) is 0 Å². The highest BCUT2D eigenvalue weighted by molar-refractivity contribution is 6.05. The van der Waals surface area contributed by atoms with Crippen LogP contribution in [0.2, 0.25) is 0 Å². The van der Waals surface area contributed by atoms with E-state index in [1.807, 2.05) is 0 Å². The lowest BCUT2D eigenvalue weighted by atomic mass is 10.2. The quantitative estimate of drug-likeness (QED) is 0.475. The van der Waals surface area contributed by atoms with E-state index in [1.54, 1.807) is 25.1 Å². The molecule has 0 aliphatic carbocycles. The number of rotatable bonds is 5. The van der Waals surface area contributed by atoms with Crippen LogP contribution >= 0.6 is 0 Å². The number of hydrogen-bond donors (Lipinski definition) is 2. The summed E-state index contributed by atoms with van der Waals surface area (Å²) in [6, 6.07) is 5.20. The molecule has 0 aromatic heterocycles. The summed E-state index contributed by atoms with van der Waals surface area (Å²) in [6.07, 6.45) is 0.539. The van der Waals surface area contributed by atoms with Gasteiger partial charge >= 0.3 is 0 Å². The molecule has 0 saturated heterocycles. The van der Waals surface area contributed by atoms with Crippen molar-refractivity contribution in [3.8, 4) is 11.5 Å². The Bertz CT molecular complexity index is 542. The van der Waals surface area contributed by atoms with E-state index in [2.05, 4.69) is 15.8 Å². The van der Waals surface area contributed by atoms with E-state index in [-0.39, 0.29) is 12.3 Å². The average Bonchev–Trinajstić information content (AvgIpc) is 2.44. The summed E-state index contributed by atoms with van der Waals surface area (Å²) in [6.45, 7) is 2.67. The molecule has 2 N–H and O–H groups in total. The topological polar surface area (TPSA) is 89.0 Å². The van der Waals surface area contributed by atoms with Gasteiger partial charge < -0.3 is 14.8 Å². The minimum atomic E-state index is -0.226. The Labute approximate surface area is 115 Å². The van der Waals surface area contributed by atoms with Crippen molar-refractivity contribution < 1.29 is 19.1 Å². The molecule has 0 radical (unpaired) electrons. The molecular formula is C13H15N3O4. The van der Waals surface area contributed by atoms with Gasteiger partial charge in [0.2, 0.25) is 12.3 Å². The van der Waals surface area contributed by atoms with Crippen LogP contribution in [0.1, 0.15) is 13.3 Å². The Morgan fingerprint density at radius 2 is 2.10 bits per heavy atom. The Morgan fingerprint density at radius 3 is 2.85 bits per heavy atom. The van der Waals surface area contributed by atoms with Gasteiger partial charge in [0, 0.05) is 17.5 Å². The third-order valence-corrected chi connectivity index (χ3v) is 2.55. The number of hydrogen-bond acceptors (Lipinski definition) is 5. The molecule has 0 unspecified atom stereocenters. The number of ether oxygens (including phenoxy) is 2. The summed E-state index contributed by atoms with van der Waals surface area (Å²) in [7, 11) is 0. The van der Waals surface area contributed by atoms with Crippen LogP contribution in [-0.2, 0) is 9.59 Å². The second-order valence-electron chi connectivity index (χ2n) is 4.18. The SMILES string of the molecule is C/C(CC(=O)Nc1ccc2c(c1)OCCO2)=N\NC=O. The molecule has 106 valence electrons. The second-order valence-corrected chi connectivity index (χ2v) is 4.18. The molecule has 1 aliphatic heterocycles. The van der Waals surface area contributed by atoms with Gasteiger partial charge in [-0.2, -0.15) is 5.10 Å². The number of amides is 2. The van der Waals surface area contributed by atoms with Gasteiger partial charge in [-0.3, -0.25) is 9.59 Å². The molecular weight excluding hydrogens is 262 g/mol. The molecule has 1 aromatic rings. The number of nitrogens with one attached hydrogen (secondary N) is 2. The zero-order valence-electron chi connectivity index (χ0n) is 11.0. The zero-order valence-corrected chi connectivity index (χ0v) is 11.0. The fourth-order valence-electron chi connectivity index (χ4n) is 1.73. The summed E-state index contributed by atoms with van der Waals surface area (Å²) in [4.78, 5) is 21.9. The lowest BCUT2D eigenvalue weighted by Gasteiger charge is -2.19. The first-order valence-electron chi connectivity index (χ1n) is 6.11. The van der Waals surface area contributed by atoms with Crippen LogP contribution < -0.4 is 20.2 Å². The standard InChI is InChI=1S/C13H15N3O4/c1-9(16-14-8-17)6-13(18)15-10-2-3-11-12(7-10)20-5-4-19-11/h2-3,7-8H,4-6H2,1H3,(H,14,17)(H,15,18)/b16-9+. The van der Waals surface area contributed by atoms with Crippen molar-refractivity contribution in [3.63, 3.8) is 0 Å². The van der Waals surface area contributed by atoms with Gasteiger partial charge in [-0.1, -0.05) is 0 Å². The van der Waals surface area contributed by atoms with Gasteiger partial charge in [-0.25, -0.2) is 5.43 Å². The lowest BCUT2D eigenvalue weighted by molar-refractivity contribution is -0.115. The molecule has 1 aliphatic rings. The molecule has 7 heteroatoms. The fourth-order valence-corrected chi connectivity index (χ4v) is 1.73. The van der Waals surface area contributed by atoms with Crippen molar-refractivity contribution in [1.29, 1.82) is 0 Å². The van der Waals surface area contributed by atoms with Gasteiger partial charge in [-0.15, -0.1) is 0 Å². The minimum absolute atomic E-state index is 0.0925. The Balaban J connectivity index is 1.96. The Kier molecular flexibility index (Phi) is 4.54. The van der Waals surface area contributed by atoms with Crippen LogP contribution in [0.15, 0.2) is 23.3 Å². The van der Waals surface area contributed by atoms with Crippen molar-refractivity contribution in [1.82, 2.24) is 5.43 Å². The average molecular weight is 277 g/mol. The van der Waals surface area contributed by atoms with Crippen LogP contribution in [0, 0.1) is 0 Å². The first kappa shape index (κ1) is 13.9.